The Hall–Kier alpha value is 0.888. The number of aliphatic hydroxyl groups is 5. The molecule has 0 aliphatic carbocycles. The molecule has 0 saturated carbocycles. The molecule has 4 atom stereocenters. The predicted molar refractivity (Wildman–Crippen MR) is 49.0 cm³/mol. The topological polar surface area (TPSA) is 152 Å². The molecule has 0 aromatic carbocycles. The van der Waals surface area contributed by atoms with E-state index in [2.05, 4.69) is 0 Å². The van der Waals surface area contributed by atoms with E-state index in [0.717, 1.165) is 0 Å². The van der Waals surface area contributed by atoms with Crippen molar-refractivity contribution in [2.45, 2.75) is 24.4 Å². The van der Waals surface area contributed by atoms with Gasteiger partial charge in [-0.1, -0.05) is 0 Å². The molecule has 0 saturated heterocycles. The normalized spacial score (nSPS) is 17.8. The maximum atomic E-state index is 10.7. The summed E-state index contributed by atoms with van der Waals surface area (Å²) in [4.78, 5) is 10.7. The third-order valence-electron chi connectivity index (χ3n) is 1.69. The predicted octanol–water partition coefficient (Wildman–Crippen LogP) is -4.50. The van der Waals surface area contributed by atoms with Crippen molar-refractivity contribution in [3.8, 4) is 0 Å². The Kier molecular flexibility index (Phi) is 10.7. The summed E-state index contributed by atoms with van der Waals surface area (Å²) in [6, 6.07) is 0. The maximum Gasteiger partial charge on any atom is 0 e. The van der Waals surface area contributed by atoms with Crippen LogP contribution in [-0.4, -0.2) is 110 Å². The van der Waals surface area contributed by atoms with Crippen LogP contribution in [0.2, 0.25) is 0 Å². The first-order valence-corrected chi connectivity index (χ1v) is 7.20. The summed E-state index contributed by atoms with van der Waals surface area (Å²) in [5, 5.41) is 44.3. The van der Waals surface area contributed by atoms with Gasteiger partial charge in [0.05, 0.1) is 0 Å². The minimum Gasteiger partial charge on any atom is 0 e. The summed E-state index contributed by atoms with van der Waals surface area (Å²) < 4.78 is 18.9. The van der Waals surface area contributed by atoms with Gasteiger partial charge in [-0.3, -0.25) is 0 Å². The zero-order valence-electron chi connectivity index (χ0n) is 8.42. The Bertz CT molecular complexity index is 284. The Morgan fingerprint density at radius 1 is 1.06 bits per heavy atom. The second-order valence-electron chi connectivity index (χ2n) is 2.77. The van der Waals surface area contributed by atoms with Gasteiger partial charge in [-0.25, -0.2) is 0 Å². The third-order valence-corrected chi connectivity index (χ3v) is 3.47. The molecule has 0 amide bonds. The molecule has 0 aliphatic heterocycles. The summed E-state index contributed by atoms with van der Waals surface area (Å²) in [7, 11) is 0. The summed E-state index contributed by atoms with van der Waals surface area (Å²) in [5.74, 6) is 0. The van der Waals surface area contributed by atoms with Crippen LogP contribution in [0.1, 0.15) is 0 Å². The van der Waals surface area contributed by atoms with Gasteiger partial charge >= 0.3 is 91.3 Å². The molecule has 0 unspecified atom stereocenters. The molecule has 0 heterocycles. The van der Waals surface area contributed by atoms with Crippen LogP contribution in [0.3, 0.4) is 0 Å². The smallest absolute Gasteiger partial charge is 0 e. The van der Waals surface area contributed by atoms with Crippen molar-refractivity contribution in [1.82, 2.24) is 0 Å². The van der Waals surface area contributed by atoms with Gasteiger partial charge in [-0.15, -0.1) is 0 Å². The van der Waals surface area contributed by atoms with Gasteiger partial charge in [0.25, 0.3) is 0 Å². The van der Waals surface area contributed by atoms with Gasteiger partial charge in [-0.05, 0) is 0 Å². The van der Waals surface area contributed by atoms with Crippen molar-refractivity contribution in [2.24, 2.45) is 0 Å². The van der Waals surface area contributed by atoms with Gasteiger partial charge in [0, 0.05) is 29.6 Å². The second-order valence-corrected chi connectivity index (χ2v) is 5.50. The Balaban J connectivity index is 0. The van der Waals surface area contributed by atoms with E-state index in [0.29, 0.717) is 0 Å². The number of rotatable bonds is 6. The van der Waals surface area contributed by atoms with Crippen molar-refractivity contribution < 1.29 is 36.4 Å². The molecule has 0 fully saturated rings. The number of hydrogen-bond donors (Lipinski definition) is 5. The molecule has 8 nitrogen and oxygen atoms in total. The minimum atomic E-state index is -4.67. The molecule has 0 rings (SSSR count). The van der Waals surface area contributed by atoms with Gasteiger partial charge < -0.3 is 0 Å². The average Bonchev–Trinajstić information content (AvgIpc) is 2.23. The van der Waals surface area contributed by atoms with Crippen molar-refractivity contribution in [3.63, 3.8) is 0 Å². The van der Waals surface area contributed by atoms with E-state index in [1.54, 1.807) is 0 Å². The molecule has 0 bridgehead atoms. The molecule has 89 valence electrons. The van der Waals surface area contributed by atoms with Crippen LogP contribution in [0.5, 0.6) is 0 Å². The Morgan fingerprint density at radius 2 is 1.50 bits per heavy atom. The van der Waals surface area contributed by atoms with E-state index in [4.69, 9.17) is 25.5 Å². The van der Waals surface area contributed by atoms with Gasteiger partial charge in [0.15, 0.2) is 0 Å². The monoisotopic (exact) mass is 355 g/mol. The molecular weight excluding hydrogens is 345 g/mol. The molecule has 10 heteroatoms. The summed E-state index contributed by atoms with van der Waals surface area (Å²) >= 11 is -4.67. The third kappa shape index (κ3) is 5.48. The quantitative estimate of drug-likeness (QED) is 0.299. The standard InChI is InChI=1S/C6H11O6.Na.2O.Sb/c7-1-3(9)5(11)6(12)4(10)2-8;;;;/h3-7,9-12H,1H2;;;;/t3-,4+,5-,6-;;;;/m1..../s1. The fraction of sp³-hybridized carbons (Fsp3) is 0.833. The zero-order chi connectivity index (χ0) is 12.2. The summed E-state index contributed by atoms with van der Waals surface area (Å²) in [6.45, 7) is -0.904. The first-order chi connectivity index (χ1) is 6.82. The number of carbonyl (C=O) groups is 1. The number of aliphatic hydroxyl groups excluding tert-OH is 5. The van der Waals surface area contributed by atoms with E-state index >= 15 is 0 Å². The summed E-state index contributed by atoms with van der Waals surface area (Å²) in [5.41, 5.74) is 0. The second kappa shape index (κ2) is 8.90. The molecular formula is C6H11NaO8Sb. The van der Waals surface area contributed by atoms with Crippen LogP contribution in [0.15, 0.2) is 0 Å². The van der Waals surface area contributed by atoms with E-state index < -0.39 is 54.9 Å². The first kappa shape index (κ1) is 19.2. The van der Waals surface area contributed by atoms with Crippen LogP contribution in [0.4, 0.5) is 0 Å². The van der Waals surface area contributed by atoms with Gasteiger partial charge in [0.1, 0.15) is 0 Å². The maximum absolute atomic E-state index is 10.7. The SMILES string of the molecule is O=[C]([C@H](O)[C@@H](O)[C@H](O)[C@H](O)CO)[Sb](=[O])=[O].[Na]. The van der Waals surface area contributed by atoms with E-state index in [1.165, 1.54) is 0 Å². The fourth-order valence-corrected chi connectivity index (χ4v) is 1.83. The van der Waals surface area contributed by atoms with Crippen molar-refractivity contribution in [3.05, 3.63) is 0 Å². The molecule has 0 aliphatic rings. The molecule has 0 aromatic heterocycles. The molecule has 1 radical (unpaired) electrons. The van der Waals surface area contributed by atoms with Crippen LogP contribution in [0, 0.1) is 0 Å². The average molecular weight is 356 g/mol. The van der Waals surface area contributed by atoms with Crippen molar-refractivity contribution in [1.29, 1.82) is 0 Å². The number of hydrogen-bond acceptors (Lipinski definition) is 8. The van der Waals surface area contributed by atoms with E-state index in [9.17, 15) is 10.8 Å². The molecule has 5 N–H and O–H groups in total. The Morgan fingerprint density at radius 3 is 1.81 bits per heavy atom. The van der Waals surface area contributed by atoms with E-state index in [-0.39, 0.29) is 29.6 Å². The first-order valence-electron chi connectivity index (χ1n) is 3.84. The van der Waals surface area contributed by atoms with Gasteiger partial charge in [0.2, 0.25) is 0 Å². The molecule has 16 heavy (non-hydrogen) atoms. The largest absolute Gasteiger partial charge is 0 e. The van der Waals surface area contributed by atoms with Crippen LogP contribution in [-0.2, 0) is 10.8 Å². The fourth-order valence-electron chi connectivity index (χ4n) is 0.776. The van der Waals surface area contributed by atoms with Crippen molar-refractivity contribution in [2.75, 3.05) is 6.61 Å². The zero-order valence-corrected chi connectivity index (χ0v) is 13.0. The van der Waals surface area contributed by atoms with Crippen molar-refractivity contribution >= 4 is 53.5 Å². The van der Waals surface area contributed by atoms with Crippen LogP contribution < -0.4 is 0 Å². The molecule has 0 spiro atoms. The minimum absolute atomic E-state index is 0. The summed E-state index contributed by atoms with van der Waals surface area (Å²) in [6.07, 6.45) is -8.24. The van der Waals surface area contributed by atoms with Gasteiger partial charge in [-0.2, -0.15) is 0 Å². The van der Waals surface area contributed by atoms with Crippen LogP contribution >= 0.6 is 0 Å². The molecule has 0 aromatic rings. The van der Waals surface area contributed by atoms with Crippen LogP contribution in [0.25, 0.3) is 0 Å². The van der Waals surface area contributed by atoms with E-state index in [1.807, 2.05) is 0 Å². The Labute approximate surface area is 120 Å². The number of carbonyl (C=O) groups excluding carboxylic acids is 1.